The Kier molecular flexibility index (Phi) is 4.77. The molecule has 0 radical (unpaired) electrons. The smallest absolute Gasteiger partial charge is 0.115 e. The number of benzene rings is 1. The van der Waals surface area contributed by atoms with Gasteiger partial charge in [0.2, 0.25) is 0 Å². The highest BCUT2D eigenvalue weighted by molar-refractivity contribution is 5.87. The van der Waals surface area contributed by atoms with Gasteiger partial charge in [-0.05, 0) is 49.6 Å². The summed E-state index contributed by atoms with van der Waals surface area (Å²) >= 11 is 0. The summed E-state index contributed by atoms with van der Waals surface area (Å²) in [4.78, 5) is 4.45. The number of phenolic OH excluding ortho intramolecular Hbond substituents is 1. The summed E-state index contributed by atoms with van der Waals surface area (Å²) in [7, 11) is 0. The van der Waals surface area contributed by atoms with E-state index < -0.39 is 0 Å². The second kappa shape index (κ2) is 6.11. The molecule has 1 rings (SSSR count). The van der Waals surface area contributed by atoms with Crippen molar-refractivity contribution in [2.24, 2.45) is 4.99 Å². The van der Waals surface area contributed by atoms with Crippen LogP contribution in [0.5, 0.6) is 5.75 Å². The van der Waals surface area contributed by atoms with Gasteiger partial charge in [0.05, 0.1) is 5.70 Å². The van der Waals surface area contributed by atoms with Crippen molar-refractivity contribution >= 4 is 11.4 Å². The van der Waals surface area contributed by atoms with Crippen LogP contribution < -0.4 is 0 Å². The van der Waals surface area contributed by atoms with Crippen LogP contribution in [0.15, 0.2) is 35.8 Å². The Morgan fingerprint density at radius 3 is 2.50 bits per heavy atom. The predicted molar refractivity (Wildman–Crippen MR) is 69.8 cm³/mol. The standard InChI is InChI=1S/C14H19NO/c1-4-5-6-11(2)15-12(3)13-7-9-14(16)10-8-13/h7-10,16H,3-6H2,1-2H3. The van der Waals surface area contributed by atoms with Crippen molar-refractivity contribution < 1.29 is 5.11 Å². The summed E-state index contributed by atoms with van der Waals surface area (Å²) in [6, 6.07) is 6.96. The van der Waals surface area contributed by atoms with Crippen molar-refractivity contribution in [3.8, 4) is 5.75 Å². The second-order valence-corrected chi connectivity index (χ2v) is 3.94. The van der Waals surface area contributed by atoms with Gasteiger partial charge in [-0.3, -0.25) is 4.99 Å². The van der Waals surface area contributed by atoms with E-state index in [1.54, 1.807) is 12.1 Å². The molecule has 0 atom stereocenters. The molecular weight excluding hydrogens is 198 g/mol. The number of hydrogen-bond acceptors (Lipinski definition) is 2. The van der Waals surface area contributed by atoms with Gasteiger partial charge in [0.15, 0.2) is 0 Å². The Balaban J connectivity index is 2.67. The normalized spacial score (nSPS) is 11.5. The predicted octanol–water partition coefficient (Wildman–Crippen LogP) is 4.01. The molecule has 0 aromatic heterocycles. The second-order valence-electron chi connectivity index (χ2n) is 3.94. The summed E-state index contributed by atoms with van der Waals surface area (Å²) in [6.45, 7) is 8.13. The highest BCUT2D eigenvalue weighted by Crippen LogP contribution is 2.18. The van der Waals surface area contributed by atoms with E-state index in [2.05, 4.69) is 18.5 Å². The topological polar surface area (TPSA) is 32.6 Å². The minimum atomic E-state index is 0.267. The van der Waals surface area contributed by atoms with Crippen molar-refractivity contribution in [3.05, 3.63) is 36.4 Å². The zero-order chi connectivity index (χ0) is 12.0. The Morgan fingerprint density at radius 2 is 1.94 bits per heavy atom. The molecule has 0 saturated heterocycles. The summed E-state index contributed by atoms with van der Waals surface area (Å²) in [5, 5.41) is 9.17. The molecule has 0 spiro atoms. The molecule has 2 heteroatoms. The summed E-state index contributed by atoms with van der Waals surface area (Å²) < 4.78 is 0. The van der Waals surface area contributed by atoms with Gasteiger partial charge in [-0.15, -0.1) is 0 Å². The molecule has 0 amide bonds. The van der Waals surface area contributed by atoms with Gasteiger partial charge in [0.1, 0.15) is 5.75 Å². The van der Waals surface area contributed by atoms with Gasteiger partial charge >= 0.3 is 0 Å². The molecule has 1 aromatic carbocycles. The molecule has 0 heterocycles. The van der Waals surface area contributed by atoms with Crippen molar-refractivity contribution in [2.45, 2.75) is 33.1 Å². The van der Waals surface area contributed by atoms with Gasteiger partial charge in [0.25, 0.3) is 0 Å². The summed E-state index contributed by atoms with van der Waals surface area (Å²) in [5.41, 5.74) is 2.82. The zero-order valence-electron chi connectivity index (χ0n) is 10.0. The molecular formula is C14H19NO. The number of aromatic hydroxyl groups is 1. The lowest BCUT2D eigenvalue weighted by atomic mass is 10.1. The van der Waals surface area contributed by atoms with Crippen molar-refractivity contribution in [3.63, 3.8) is 0 Å². The van der Waals surface area contributed by atoms with Crippen LogP contribution in [-0.2, 0) is 0 Å². The molecule has 2 nitrogen and oxygen atoms in total. The van der Waals surface area contributed by atoms with E-state index in [1.807, 2.05) is 19.1 Å². The van der Waals surface area contributed by atoms with Crippen molar-refractivity contribution in [2.75, 3.05) is 0 Å². The van der Waals surface area contributed by atoms with Gasteiger partial charge in [-0.2, -0.15) is 0 Å². The molecule has 0 aliphatic heterocycles. The van der Waals surface area contributed by atoms with E-state index in [-0.39, 0.29) is 5.75 Å². The lowest BCUT2D eigenvalue weighted by molar-refractivity contribution is 0.475. The molecule has 0 unspecified atom stereocenters. The zero-order valence-corrected chi connectivity index (χ0v) is 10.0. The van der Waals surface area contributed by atoms with E-state index in [0.29, 0.717) is 0 Å². The van der Waals surface area contributed by atoms with E-state index in [4.69, 9.17) is 0 Å². The number of nitrogens with zero attached hydrogens (tertiary/aromatic N) is 1. The summed E-state index contributed by atoms with van der Waals surface area (Å²) in [6.07, 6.45) is 3.37. The fourth-order valence-electron chi connectivity index (χ4n) is 1.44. The minimum Gasteiger partial charge on any atom is -0.508 e. The third kappa shape index (κ3) is 3.89. The first-order valence-electron chi connectivity index (χ1n) is 5.66. The maximum absolute atomic E-state index is 9.17. The molecule has 0 bridgehead atoms. The average Bonchev–Trinajstić information content (AvgIpc) is 2.27. The van der Waals surface area contributed by atoms with Crippen LogP contribution in [0.25, 0.3) is 5.70 Å². The van der Waals surface area contributed by atoms with Crippen LogP contribution in [-0.4, -0.2) is 10.8 Å². The first-order chi connectivity index (χ1) is 7.63. The molecule has 86 valence electrons. The molecule has 0 aliphatic carbocycles. The molecule has 0 fully saturated rings. The van der Waals surface area contributed by atoms with Gasteiger partial charge in [-0.25, -0.2) is 0 Å². The molecule has 0 aliphatic rings. The highest BCUT2D eigenvalue weighted by atomic mass is 16.3. The summed E-state index contributed by atoms with van der Waals surface area (Å²) in [5.74, 6) is 0.267. The van der Waals surface area contributed by atoms with Crippen LogP contribution in [0.3, 0.4) is 0 Å². The van der Waals surface area contributed by atoms with Crippen molar-refractivity contribution in [1.29, 1.82) is 0 Å². The number of hydrogen-bond donors (Lipinski definition) is 1. The Bertz CT molecular complexity index is 376. The number of phenols is 1. The quantitative estimate of drug-likeness (QED) is 0.742. The number of rotatable bonds is 5. The molecule has 16 heavy (non-hydrogen) atoms. The van der Waals surface area contributed by atoms with Crippen LogP contribution in [0, 0.1) is 0 Å². The Hall–Kier alpha value is -1.57. The Morgan fingerprint density at radius 1 is 1.31 bits per heavy atom. The fourth-order valence-corrected chi connectivity index (χ4v) is 1.44. The molecule has 0 saturated carbocycles. The number of aliphatic imine (C=N–C) groups is 1. The van der Waals surface area contributed by atoms with Crippen molar-refractivity contribution in [1.82, 2.24) is 0 Å². The van der Waals surface area contributed by atoms with Crippen LogP contribution in [0.1, 0.15) is 38.7 Å². The van der Waals surface area contributed by atoms with Gasteiger partial charge < -0.3 is 5.11 Å². The van der Waals surface area contributed by atoms with Gasteiger partial charge in [-0.1, -0.05) is 19.9 Å². The third-order valence-electron chi connectivity index (χ3n) is 2.42. The minimum absolute atomic E-state index is 0.267. The van der Waals surface area contributed by atoms with Crippen LogP contribution >= 0.6 is 0 Å². The first-order valence-corrected chi connectivity index (χ1v) is 5.66. The maximum Gasteiger partial charge on any atom is 0.115 e. The van der Waals surface area contributed by atoms with Gasteiger partial charge in [0, 0.05) is 5.71 Å². The largest absolute Gasteiger partial charge is 0.508 e. The van der Waals surface area contributed by atoms with E-state index in [9.17, 15) is 5.11 Å². The first kappa shape index (κ1) is 12.5. The lowest BCUT2D eigenvalue weighted by Gasteiger charge is -2.03. The van der Waals surface area contributed by atoms with E-state index >= 15 is 0 Å². The Labute approximate surface area is 97.4 Å². The highest BCUT2D eigenvalue weighted by Gasteiger charge is 1.98. The van der Waals surface area contributed by atoms with E-state index in [1.165, 1.54) is 6.42 Å². The monoisotopic (exact) mass is 217 g/mol. The third-order valence-corrected chi connectivity index (χ3v) is 2.42. The molecule has 1 aromatic rings. The lowest BCUT2D eigenvalue weighted by Crippen LogP contribution is -1.92. The molecule has 1 N–H and O–H groups in total. The fraction of sp³-hybridized carbons (Fsp3) is 0.357. The van der Waals surface area contributed by atoms with E-state index in [0.717, 1.165) is 29.8 Å². The average molecular weight is 217 g/mol. The van der Waals surface area contributed by atoms with Crippen LogP contribution in [0.2, 0.25) is 0 Å². The SMILES string of the molecule is C=C(N=C(C)CCCC)c1ccc(O)cc1. The van der Waals surface area contributed by atoms with Crippen LogP contribution in [0.4, 0.5) is 0 Å². The maximum atomic E-state index is 9.17. The number of unbranched alkanes of at least 4 members (excludes halogenated alkanes) is 1.